The molecule has 2 unspecified atom stereocenters. The molecule has 2 heterocycles. The van der Waals surface area contributed by atoms with Crippen LogP contribution in [0.1, 0.15) is 43.2 Å². The quantitative estimate of drug-likeness (QED) is 0.882. The van der Waals surface area contributed by atoms with Gasteiger partial charge < -0.3 is 10.6 Å². The van der Waals surface area contributed by atoms with Gasteiger partial charge in [-0.2, -0.15) is 0 Å². The molecule has 2 aliphatic rings. The highest BCUT2D eigenvalue weighted by atomic mass is 35.5. The summed E-state index contributed by atoms with van der Waals surface area (Å²) in [5.41, 5.74) is 1.20. The molecule has 1 aromatic rings. The predicted octanol–water partition coefficient (Wildman–Crippen LogP) is 2.77. The van der Waals surface area contributed by atoms with Gasteiger partial charge in [-0.25, -0.2) is 4.98 Å². The van der Waals surface area contributed by atoms with Crippen molar-refractivity contribution in [1.82, 2.24) is 10.3 Å². The summed E-state index contributed by atoms with van der Waals surface area (Å²) in [6.45, 7) is 3.23. The number of carbonyl (C=O) groups is 1. The molecule has 1 saturated heterocycles. The highest BCUT2D eigenvalue weighted by Gasteiger charge is 2.24. The first-order valence-corrected chi connectivity index (χ1v) is 8.07. The third kappa shape index (κ3) is 3.51. The molecule has 2 atom stereocenters. The molecule has 1 aromatic heterocycles. The molecule has 3 rings (SSSR count). The number of fused-ring (bicyclic) bond motifs is 1. The van der Waals surface area contributed by atoms with Gasteiger partial charge in [0.25, 0.3) is 0 Å². The number of amides is 1. The number of hydrogen-bond acceptors (Lipinski definition) is 4. The average Bonchev–Trinajstić information content (AvgIpc) is 2.81. The molecule has 1 fully saturated rings. The number of aryl methyl sites for hydroxylation is 1. The highest BCUT2D eigenvalue weighted by Crippen LogP contribution is 2.32. The summed E-state index contributed by atoms with van der Waals surface area (Å²) in [6, 6.07) is -0.0337. The molecule has 0 radical (unpaired) electrons. The molecule has 20 heavy (non-hydrogen) atoms. The Bertz CT molecular complexity index is 471. The summed E-state index contributed by atoms with van der Waals surface area (Å²) in [6.07, 6.45) is 6.64. The van der Waals surface area contributed by atoms with Crippen LogP contribution in [0.2, 0.25) is 0 Å². The van der Waals surface area contributed by atoms with Crippen LogP contribution in [0.15, 0.2) is 0 Å². The number of hydrogen-bond donors (Lipinski definition) is 2. The second-order valence-corrected chi connectivity index (χ2v) is 6.81. The van der Waals surface area contributed by atoms with Crippen LogP contribution in [-0.2, 0) is 17.6 Å². The van der Waals surface area contributed by atoms with Crippen LogP contribution in [0.5, 0.6) is 0 Å². The number of nitrogens with one attached hydrogen (secondary N) is 2. The monoisotopic (exact) mass is 315 g/mol. The molecule has 112 valence electrons. The molecular formula is C14H22ClN3OS. The van der Waals surface area contributed by atoms with Crippen molar-refractivity contribution in [3.8, 4) is 0 Å². The van der Waals surface area contributed by atoms with Gasteiger partial charge in [0, 0.05) is 4.88 Å². The highest BCUT2D eigenvalue weighted by molar-refractivity contribution is 7.15. The van der Waals surface area contributed by atoms with Crippen molar-refractivity contribution in [3.63, 3.8) is 0 Å². The average molecular weight is 316 g/mol. The Morgan fingerprint density at radius 3 is 3.00 bits per heavy atom. The van der Waals surface area contributed by atoms with E-state index in [-0.39, 0.29) is 24.4 Å². The van der Waals surface area contributed by atoms with Gasteiger partial charge >= 0.3 is 0 Å². The molecule has 6 heteroatoms. The number of aromatic nitrogens is 1. The third-order valence-corrected chi connectivity index (χ3v) is 5.08. The number of anilines is 1. The Morgan fingerprint density at radius 1 is 1.40 bits per heavy atom. The minimum absolute atomic E-state index is 0. The first-order valence-electron chi connectivity index (χ1n) is 7.25. The van der Waals surface area contributed by atoms with E-state index in [0.29, 0.717) is 0 Å². The number of thiazole rings is 1. The van der Waals surface area contributed by atoms with Crippen molar-refractivity contribution < 1.29 is 4.79 Å². The van der Waals surface area contributed by atoms with E-state index in [1.165, 1.54) is 23.4 Å². The molecular weight excluding hydrogens is 294 g/mol. The van der Waals surface area contributed by atoms with Crippen molar-refractivity contribution in [2.45, 2.75) is 51.5 Å². The summed E-state index contributed by atoms with van der Waals surface area (Å²) in [5, 5.41) is 7.05. The van der Waals surface area contributed by atoms with Gasteiger partial charge in [0.05, 0.1) is 11.7 Å². The maximum atomic E-state index is 12.1. The van der Waals surface area contributed by atoms with Crippen molar-refractivity contribution in [1.29, 1.82) is 0 Å². The van der Waals surface area contributed by atoms with E-state index in [9.17, 15) is 4.79 Å². The Balaban J connectivity index is 0.00000147. The Labute approximate surface area is 130 Å². The van der Waals surface area contributed by atoms with Crippen LogP contribution >= 0.6 is 23.7 Å². The zero-order valence-corrected chi connectivity index (χ0v) is 13.4. The maximum absolute atomic E-state index is 12.1. The van der Waals surface area contributed by atoms with Gasteiger partial charge in [-0.05, 0) is 44.6 Å². The van der Waals surface area contributed by atoms with Crippen LogP contribution in [0, 0.1) is 5.92 Å². The van der Waals surface area contributed by atoms with Crippen LogP contribution < -0.4 is 10.6 Å². The topological polar surface area (TPSA) is 54.0 Å². The number of piperidine rings is 1. The largest absolute Gasteiger partial charge is 0.306 e. The Hall–Kier alpha value is -0.650. The molecule has 2 N–H and O–H groups in total. The maximum Gasteiger partial charge on any atom is 0.243 e. The summed E-state index contributed by atoms with van der Waals surface area (Å²) < 4.78 is 0. The van der Waals surface area contributed by atoms with E-state index in [4.69, 9.17) is 0 Å². The molecule has 0 saturated carbocycles. The molecule has 1 amide bonds. The lowest BCUT2D eigenvalue weighted by molar-refractivity contribution is -0.118. The lowest BCUT2D eigenvalue weighted by Gasteiger charge is -2.21. The second-order valence-electron chi connectivity index (χ2n) is 5.73. The van der Waals surface area contributed by atoms with E-state index >= 15 is 0 Å². The van der Waals surface area contributed by atoms with Gasteiger partial charge in [0.15, 0.2) is 5.13 Å². The summed E-state index contributed by atoms with van der Waals surface area (Å²) in [5.74, 6) is 0.829. The predicted molar refractivity (Wildman–Crippen MR) is 84.8 cm³/mol. The number of halogens is 1. The van der Waals surface area contributed by atoms with Crippen molar-refractivity contribution in [2.24, 2.45) is 5.92 Å². The first-order chi connectivity index (χ1) is 9.22. The Kier molecular flexibility index (Phi) is 5.41. The number of nitrogens with zero attached hydrogens (tertiary/aromatic N) is 1. The van der Waals surface area contributed by atoms with E-state index in [2.05, 4.69) is 22.5 Å². The minimum Gasteiger partial charge on any atom is -0.306 e. The zero-order valence-electron chi connectivity index (χ0n) is 11.8. The van der Waals surface area contributed by atoms with Crippen molar-refractivity contribution in [3.05, 3.63) is 10.6 Å². The van der Waals surface area contributed by atoms with E-state index < -0.39 is 0 Å². The zero-order chi connectivity index (χ0) is 13.2. The van der Waals surface area contributed by atoms with Gasteiger partial charge in [0.2, 0.25) is 5.91 Å². The molecule has 1 aliphatic heterocycles. The molecule has 0 bridgehead atoms. The molecule has 0 aromatic carbocycles. The van der Waals surface area contributed by atoms with E-state index in [0.717, 1.165) is 43.3 Å². The summed E-state index contributed by atoms with van der Waals surface area (Å²) in [7, 11) is 0. The lowest BCUT2D eigenvalue weighted by Crippen LogP contribution is -2.43. The normalized spacial score (nSPS) is 25.4. The van der Waals surface area contributed by atoms with E-state index in [1.807, 2.05) is 0 Å². The fourth-order valence-electron chi connectivity index (χ4n) is 2.86. The smallest absolute Gasteiger partial charge is 0.243 e. The van der Waals surface area contributed by atoms with Gasteiger partial charge in [-0.1, -0.05) is 13.3 Å². The van der Waals surface area contributed by atoms with Crippen molar-refractivity contribution in [2.75, 3.05) is 11.9 Å². The fraction of sp³-hybridized carbons (Fsp3) is 0.714. The van der Waals surface area contributed by atoms with E-state index in [1.54, 1.807) is 11.3 Å². The minimum atomic E-state index is -0.0337. The lowest BCUT2D eigenvalue weighted by atomic mass is 9.93. The third-order valence-electron chi connectivity index (χ3n) is 4.04. The van der Waals surface area contributed by atoms with Crippen LogP contribution in [-0.4, -0.2) is 23.5 Å². The first kappa shape index (κ1) is 15.7. The summed E-state index contributed by atoms with van der Waals surface area (Å²) in [4.78, 5) is 18.1. The molecule has 1 aliphatic carbocycles. The van der Waals surface area contributed by atoms with Gasteiger partial charge in [-0.15, -0.1) is 23.7 Å². The van der Waals surface area contributed by atoms with Gasteiger partial charge in [0.1, 0.15) is 0 Å². The number of rotatable bonds is 2. The van der Waals surface area contributed by atoms with Crippen LogP contribution in [0.4, 0.5) is 5.13 Å². The summed E-state index contributed by atoms with van der Waals surface area (Å²) >= 11 is 1.66. The second kappa shape index (κ2) is 6.87. The SMILES string of the molecule is CC1CCc2nc(NC(=O)C3CCCCN3)sc2C1.Cl. The molecule has 0 spiro atoms. The number of carbonyl (C=O) groups excluding carboxylic acids is 1. The standard InChI is InChI=1S/C14H21N3OS.ClH/c1-9-5-6-10-12(8-9)19-14(16-10)17-13(18)11-4-2-3-7-15-11;/h9,11,15H,2-8H2,1H3,(H,16,17,18);1H. The van der Waals surface area contributed by atoms with Crippen LogP contribution in [0.25, 0.3) is 0 Å². The molecule has 4 nitrogen and oxygen atoms in total. The van der Waals surface area contributed by atoms with Crippen LogP contribution in [0.3, 0.4) is 0 Å². The van der Waals surface area contributed by atoms with Crippen molar-refractivity contribution >= 4 is 34.8 Å². The fourth-order valence-corrected chi connectivity index (χ4v) is 4.04. The van der Waals surface area contributed by atoms with Gasteiger partial charge in [-0.3, -0.25) is 4.79 Å². The Morgan fingerprint density at radius 2 is 2.25 bits per heavy atom.